The third-order valence-electron chi connectivity index (χ3n) is 4.56. The summed E-state index contributed by atoms with van der Waals surface area (Å²) in [5, 5.41) is 4.14. The molecule has 128 valence electrons. The molecule has 6 nitrogen and oxygen atoms in total. The lowest BCUT2D eigenvalue weighted by Crippen LogP contribution is -2.39. The number of hydrogen-bond acceptors (Lipinski definition) is 6. The van der Waals surface area contributed by atoms with Crippen molar-refractivity contribution in [3.05, 3.63) is 47.4 Å². The molecule has 0 spiro atoms. The number of hydrogen-bond donors (Lipinski definition) is 0. The highest BCUT2D eigenvalue weighted by molar-refractivity contribution is 5.25. The molecule has 2 aromatic rings. The maximum Gasteiger partial charge on any atom is 0.248 e. The van der Waals surface area contributed by atoms with Gasteiger partial charge in [-0.3, -0.25) is 4.90 Å². The maximum absolute atomic E-state index is 13.7. The van der Waals surface area contributed by atoms with Gasteiger partial charge in [-0.15, -0.1) is 0 Å². The molecule has 0 aliphatic carbocycles. The summed E-state index contributed by atoms with van der Waals surface area (Å²) in [6.45, 7) is 4.12. The lowest BCUT2D eigenvalue weighted by molar-refractivity contribution is 0.0180. The van der Waals surface area contributed by atoms with E-state index in [2.05, 4.69) is 15.0 Å². The minimum absolute atomic E-state index is 0.181. The minimum atomic E-state index is -0.269. The Morgan fingerprint density at radius 3 is 2.79 bits per heavy atom. The monoisotopic (exact) mass is 333 g/mol. The summed E-state index contributed by atoms with van der Waals surface area (Å²) in [6, 6.07) is 6.32. The van der Waals surface area contributed by atoms with Gasteiger partial charge in [0.05, 0.1) is 19.8 Å². The zero-order chi connectivity index (χ0) is 16.4. The van der Waals surface area contributed by atoms with Crippen LogP contribution in [0.25, 0.3) is 0 Å². The highest BCUT2D eigenvalue weighted by atomic mass is 19.1. The molecule has 2 aliphatic rings. The third kappa shape index (κ3) is 3.19. The SMILES string of the molecule is Fc1cccc(C(c2nc(C3CCOC3)no2)N2CCOCC2)c1. The van der Waals surface area contributed by atoms with Crippen LogP contribution in [-0.2, 0) is 9.47 Å². The molecule has 24 heavy (non-hydrogen) atoms. The molecule has 0 N–H and O–H groups in total. The van der Waals surface area contributed by atoms with Gasteiger partial charge in [-0.25, -0.2) is 4.39 Å². The van der Waals surface area contributed by atoms with Crippen molar-refractivity contribution in [1.82, 2.24) is 15.0 Å². The molecule has 2 fully saturated rings. The van der Waals surface area contributed by atoms with Crippen LogP contribution in [0, 0.1) is 5.82 Å². The van der Waals surface area contributed by atoms with E-state index in [4.69, 9.17) is 14.0 Å². The van der Waals surface area contributed by atoms with Crippen LogP contribution in [-0.4, -0.2) is 54.6 Å². The predicted octanol–water partition coefficient (Wildman–Crippen LogP) is 2.13. The Hall–Kier alpha value is -1.83. The van der Waals surface area contributed by atoms with Gasteiger partial charge in [0.15, 0.2) is 5.82 Å². The number of aromatic nitrogens is 2. The summed E-state index contributed by atoms with van der Waals surface area (Å²) in [6.07, 6.45) is 0.904. The van der Waals surface area contributed by atoms with E-state index in [1.807, 2.05) is 6.07 Å². The van der Waals surface area contributed by atoms with Gasteiger partial charge in [-0.1, -0.05) is 17.3 Å². The number of benzene rings is 1. The molecule has 0 amide bonds. The third-order valence-corrected chi connectivity index (χ3v) is 4.56. The van der Waals surface area contributed by atoms with Crippen LogP contribution in [0.2, 0.25) is 0 Å². The first-order chi connectivity index (χ1) is 11.8. The average molecular weight is 333 g/mol. The van der Waals surface area contributed by atoms with Crippen molar-refractivity contribution in [2.24, 2.45) is 0 Å². The minimum Gasteiger partial charge on any atom is -0.381 e. The van der Waals surface area contributed by atoms with E-state index in [9.17, 15) is 4.39 Å². The number of rotatable bonds is 4. The largest absolute Gasteiger partial charge is 0.381 e. The first-order valence-electron chi connectivity index (χ1n) is 8.30. The van der Waals surface area contributed by atoms with Gasteiger partial charge in [0.2, 0.25) is 5.89 Å². The average Bonchev–Trinajstić information content (AvgIpc) is 3.28. The van der Waals surface area contributed by atoms with Crippen LogP contribution < -0.4 is 0 Å². The van der Waals surface area contributed by atoms with Crippen molar-refractivity contribution in [3.63, 3.8) is 0 Å². The smallest absolute Gasteiger partial charge is 0.248 e. The van der Waals surface area contributed by atoms with Crippen molar-refractivity contribution >= 4 is 0 Å². The highest BCUT2D eigenvalue weighted by Crippen LogP contribution is 2.31. The van der Waals surface area contributed by atoms with Crippen LogP contribution in [0.3, 0.4) is 0 Å². The van der Waals surface area contributed by atoms with Gasteiger partial charge < -0.3 is 14.0 Å². The van der Waals surface area contributed by atoms with Crippen molar-refractivity contribution in [3.8, 4) is 0 Å². The Balaban J connectivity index is 1.66. The van der Waals surface area contributed by atoms with Gasteiger partial charge in [-0.05, 0) is 24.1 Å². The van der Waals surface area contributed by atoms with Crippen molar-refractivity contribution in [2.75, 3.05) is 39.5 Å². The molecule has 0 radical (unpaired) electrons. The van der Waals surface area contributed by atoms with Gasteiger partial charge in [0.25, 0.3) is 0 Å². The molecule has 1 aromatic heterocycles. The fourth-order valence-electron chi connectivity index (χ4n) is 3.28. The summed E-state index contributed by atoms with van der Waals surface area (Å²) < 4.78 is 30.1. The Morgan fingerprint density at radius 2 is 2.04 bits per heavy atom. The van der Waals surface area contributed by atoms with E-state index in [1.54, 1.807) is 6.07 Å². The molecule has 2 atom stereocenters. The van der Waals surface area contributed by atoms with Crippen LogP contribution in [0.1, 0.15) is 35.7 Å². The molecule has 2 unspecified atom stereocenters. The molecule has 7 heteroatoms. The highest BCUT2D eigenvalue weighted by Gasteiger charge is 2.31. The van der Waals surface area contributed by atoms with Crippen molar-refractivity contribution in [2.45, 2.75) is 18.4 Å². The first-order valence-corrected chi connectivity index (χ1v) is 8.30. The van der Waals surface area contributed by atoms with E-state index in [1.165, 1.54) is 12.1 Å². The molecule has 2 saturated heterocycles. The van der Waals surface area contributed by atoms with Gasteiger partial charge in [-0.2, -0.15) is 4.98 Å². The summed E-state index contributed by atoms with van der Waals surface area (Å²) in [5.74, 6) is 1.09. The predicted molar refractivity (Wildman–Crippen MR) is 83.1 cm³/mol. The van der Waals surface area contributed by atoms with Crippen LogP contribution in [0.15, 0.2) is 28.8 Å². The van der Waals surface area contributed by atoms with Crippen LogP contribution in [0.4, 0.5) is 4.39 Å². The molecule has 0 bridgehead atoms. The standard InChI is InChI=1S/C17H20FN3O3/c18-14-3-1-2-12(10-14)15(21-5-8-22-9-6-21)17-19-16(20-24-17)13-4-7-23-11-13/h1-3,10,13,15H,4-9,11H2. The van der Waals surface area contributed by atoms with Gasteiger partial charge in [0, 0.05) is 25.6 Å². The Labute approximate surface area is 139 Å². The topological polar surface area (TPSA) is 60.6 Å². The molecule has 3 heterocycles. The van der Waals surface area contributed by atoms with E-state index in [0.717, 1.165) is 31.7 Å². The van der Waals surface area contributed by atoms with Crippen molar-refractivity contribution < 1.29 is 18.4 Å². The lowest BCUT2D eigenvalue weighted by Gasteiger charge is -2.32. The molecule has 1 aromatic carbocycles. The second-order valence-electron chi connectivity index (χ2n) is 6.16. The molecule has 4 rings (SSSR count). The summed E-state index contributed by atoms with van der Waals surface area (Å²) in [4.78, 5) is 6.81. The molecule has 2 aliphatic heterocycles. The van der Waals surface area contributed by atoms with Crippen LogP contribution >= 0.6 is 0 Å². The summed E-state index contributed by atoms with van der Waals surface area (Å²) >= 11 is 0. The molecule has 0 saturated carbocycles. The fraction of sp³-hybridized carbons (Fsp3) is 0.529. The second kappa shape index (κ2) is 6.96. The van der Waals surface area contributed by atoms with E-state index >= 15 is 0 Å². The summed E-state index contributed by atoms with van der Waals surface area (Å²) in [7, 11) is 0. The molecular weight excluding hydrogens is 313 g/mol. The Kier molecular flexibility index (Phi) is 4.55. The fourth-order valence-corrected chi connectivity index (χ4v) is 3.28. The van der Waals surface area contributed by atoms with Gasteiger partial charge in [0.1, 0.15) is 11.9 Å². The van der Waals surface area contributed by atoms with E-state index < -0.39 is 0 Å². The first kappa shape index (κ1) is 15.7. The molecular formula is C17H20FN3O3. The second-order valence-corrected chi connectivity index (χ2v) is 6.16. The number of ether oxygens (including phenoxy) is 2. The zero-order valence-electron chi connectivity index (χ0n) is 13.4. The number of nitrogens with zero attached hydrogens (tertiary/aromatic N) is 3. The van der Waals surface area contributed by atoms with Crippen molar-refractivity contribution in [1.29, 1.82) is 0 Å². The van der Waals surface area contributed by atoms with E-state index in [0.29, 0.717) is 31.5 Å². The number of halogens is 1. The Morgan fingerprint density at radius 1 is 1.17 bits per heavy atom. The normalized spacial score (nSPS) is 23.5. The lowest BCUT2D eigenvalue weighted by atomic mass is 10.0. The Bertz CT molecular complexity index is 681. The zero-order valence-corrected chi connectivity index (χ0v) is 13.4. The number of morpholine rings is 1. The quantitative estimate of drug-likeness (QED) is 0.854. The summed E-state index contributed by atoms with van der Waals surface area (Å²) in [5.41, 5.74) is 0.815. The van der Waals surface area contributed by atoms with Gasteiger partial charge >= 0.3 is 0 Å². The van der Waals surface area contributed by atoms with E-state index in [-0.39, 0.29) is 17.8 Å². The maximum atomic E-state index is 13.7. The van der Waals surface area contributed by atoms with Crippen LogP contribution in [0.5, 0.6) is 0 Å².